The molecular formula is C6H5N5O2. The van der Waals surface area contributed by atoms with Crippen LogP contribution < -0.4 is 11.3 Å². The third-order valence-corrected chi connectivity index (χ3v) is 1.33. The van der Waals surface area contributed by atoms with Crippen molar-refractivity contribution in [3.8, 4) is 6.07 Å². The van der Waals surface area contributed by atoms with Crippen molar-refractivity contribution in [1.82, 2.24) is 4.98 Å². The number of hydrogen-bond acceptors (Lipinski definition) is 6. The van der Waals surface area contributed by atoms with E-state index in [0.717, 1.165) is 6.07 Å². The fourth-order valence-electron chi connectivity index (χ4n) is 0.765. The summed E-state index contributed by atoms with van der Waals surface area (Å²) in [5.41, 5.74) is 1.86. The number of nitrogen functional groups attached to an aromatic ring is 1. The quantitative estimate of drug-likeness (QED) is 0.379. The number of hydrogen-bond donors (Lipinski definition) is 2. The van der Waals surface area contributed by atoms with Gasteiger partial charge in [0.05, 0.1) is 10.5 Å². The van der Waals surface area contributed by atoms with Crippen LogP contribution in [0.3, 0.4) is 0 Å². The van der Waals surface area contributed by atoms with E-state index in [1.54, 1.807) is 6.07 Å². The van der Waals surface area contributed by atoms with Crippen LogP contribution in [0.25, 0.3) is 0 Å². The molecule has 0 saturated carbocycles. The lowest BCUT2D eigenvalue weighted by Gasteiger charge is -1.99. The Hall–Kier alpha value is -2.20. The number of nitrogens with two attached hydrogens (primary N) is 1. The van der Waals surface area contributed by atoms with Crippen molar-refractivity contribution >= 4 is 11.5 Å². The second kappa shape index (κ2) is 3.46. The largest absolute Gasteiger partial charge is 0.314 e. The third-order valence-electron chi connectivity index (χ3n) is 1.33. The monoisotopic (exact) mass is 179 g/mol. The number of rotatable bonds is 2. The Balaban J connectivity index is 3.28. The van der Waals surface area contributed by atoms with Gasteiger partial charge in [0.1, 0.15) is 6.07 Å². The van der Waals surface area contributed by atoms with Crippen LogP contribution in [0, 0.1) is 21.4 Å². The van der Waals surface area contributed by atoms with Gasteiger partial charge in [-0.1, -0.05) is 0 Å². The summed E-state index contributed by atoms with van der Waals surface area (Å²) in [7, 11) is 0. The number of aromatic nitrogens is 1. The van der Waals surface area contributed by atoms with Gasteiger partial charge in [-0.2, -0.15) is 5.26 Å². The Morgan fingerprint density at radius 2 is 2.46 bits per heavy atom. The zero-order valence-electron chi connectivity index (χ0n) is 6.39. The zero-order valence-corrected chi connectivity index (χ0v) is 6.39. The molecule has 0 spiro atoms. The average Bonchev–Trinajstić information content (AvgIpc) is 2.16. The molecule has 13 heavy (non-hydrogen) atoms. The van der Waals surface area contributed by atoms with E-state index in [1.807, 2.05) is 0 Å². The summed E-state index contributed by atoms with van der Waals surface area (Å²) in [5.74, 6) is 4.91. The molecule has 0 saturated heterocycles. The lowest BCUT2D eigenvalue weighted by Crippen LogP contribution is -2.10. The van der Waals surface area contributed by atoms with Gasteiger partial charge < -0.3 is 5.43 Å². The van der Waals surface area contributed by atoms with Gasteiger partial charge in [-0.25, -0.2) is 10.8 Å². The Morgan fingerprint density at radius 1 is 1.77 bits per heavy atom. The summed E-state index contributed by atoms with van der Waals surface area (Å²) in [6, 6.07) is 2.84. The summed E-state index contributed by atoms with van der Waals surface area (Å²) in [4.78, 5) is 13.3. The standard InChI is InChI=1S/C6H5N5O2/c7-2-4-1-5(11(12)13)6(10-8)9-3-4/h1,3H,8H2,(H,9,10). The molecular weight excluding hydrogens is 174 g/mol. The minimum Gasteiger partial charge on any atom is -0.303 e. The predicted molar refractivity (Wildman–Crippen MR) is 43.4 cm³/mol. The molecule has 0 bridgehead atoms. The van der Waals surface area contributed by atoms with E-state index in [4.69, 9.17) is 11.1 Å². The minimum atomic E-state index is -0.664. The number of pyridine rings is 1. The second-order valence-corrected chi connectivity index (χ2v) is 2.10. The fourth-order valence-corrected chi connectivity index (χ4v) is 0.765. The summed E-state index contributed by atoms with van der Waals surface area (Å²) in [6.07, 6.45) is 1.20. The van der Waals surface area contributed by atoms with E-state index in [2.05, 4.69) is 10.4 Å². The van der Waals surface area contributed by atoms with Crippen LogP contribution in [0.1, 0.15) is 5.56 Å². The Kier molecular flexibility index (Phi) is 2.37. The molecule has 1 heterocycles. The molecule has 0 amide bonds. The molecule has 1 rings (SSSR count). The fraction of sp³-hybridized carbons (Fsp3) is 0. The lowest BCUT2D eigenvalue weighted by atomic mass is 10.3. The highest BCUT2D eigenvalue weighted by molar-refractivity contribution is 5.57. The molecule has 1 aromatic rings. The first kappa shape index (κ1) is 8.89. The molecule has 1 aromatic heterocycles. The maximum atomic E-state index is 10.4. The first-order chi connectivity index (χ1) is 6.19. The highest BCUT2D eigenvalue weighted by atomic mass is 16.6. The third kappa shape index (κ3) is 1.69. The van der Waals surface area contributed by atoms with E-state index in [9.17, 15) is 10.1 Å². The highest BCUT2D eigenvalue weighted by Crippen LogP contribution is 2.20. The Morgan fingerprint density at radius 3 is 2.92 bits per heavy atom. The predicted octanol–water partition coefficient (Wildman–Crippen LogP) is 0.147. The number of nitro groups is 1. The number of nitrogens with one attached hydrogen (secondary N) is 1. The van der Waals surface area contributed by atoms with E-state index >= 15 is 0 Å². The van der Waals surface area contributed by atoms with Gasteiger partial charge in [0.25, 0.3) is 0 Å². The first-order valence-electron chi connectivity index (χ1n) is 3.20. The molecule has 0 aliphatic rings. The molecule has 66 valence electrons. The molecule has 0 radical (unpaired) electrons. The van der Waals surface area contributed by atoms with Crippen molar-refractivity contribution in [3.05, 3.63) is 27.9 Å². The average molecular weight is 179 g/mol. The van der Waals surface area contributed by atoms with Gasteiger partial charge in [0.15, 0.2) is 0 Å². The van der Waals surface area contributed by atoms with Gasteiger partial charge >= 0.3 is 5.69 Å². The second-order valence-electron chi connectivity index (χ2n) is 2.10. The van der Waals surface area contributed by atoms with Crippen LogP contribution >= 0.6 is 0 Å². The lowest BCUT2D eigenvalue weighted by molar-refractivity contribution is -0.384. The smallest absolute Gasteiger partial charge is 0.303 e. The summed E-state index contributed by atoms with van der Waals surface area (Å²) in [6.45, 7) is 0. The van der Waals surface area contributed by atoms with E-state index < -0.39 is 4.92 Å². The van der Waals surface area contributed by atoms with Crippen molar-refractivity contribution in [3.63, 3.8) is 0 Å². The maximum Gasteiger partial charge on any atom is 0.314 e. The summed E-state index contributed by atoms with van der Waals surface area (Å²) >= 11 is 0. The highest BCUT2D eigenvalue weighted by Gasteiger charge is 2.14. The Bertz CT molecular complexity index is 383. The Labute approximate surface area is 72.9 Å². The number of anilines is 1. The molecule has 0 aromatic carbocycles. The van der Waals surface area contributed by atoms with Crippen molar-refractivity contribution in [2.24, 2.45) is 5.84 Å². The number of nitrogens with zero attached hydrogens (tertiary/aromatic N) is 3. The molecule has 3 N–H and O–H groups in total. The molecule has 0 unspecified atom stereocenters. The van der Waals surface area contributed by atoms with Crippen LogP contribution in [0.2, 0.25) is 0 Å². The number of hydrazine groups is 1. The normalized spacial score (nSPS) is 8.92. The molecule has 0 aliphatic carbocycles. The summed E-state index contributed by atoms with van der Waals surface area (Å²) < 4.78 is 0. The van der Waals surface area contributed by atoms with Crippen molar-refractivity contribution in [2.75, 3.05) is 5.43 Å². The van der Waals surface area contributed by atoms with Gasteiger partial charge in [-0.15, -0.1) is 0 Å². The van der Waals surface area contributed by atoms with Crippen LogP contribution in [0.4, 0.5) is 11.5 Å². The number of nitriles is 1. The van der Waals surface area contributed by atoms with Gasteiger partial charge in [-0.3, -0.25) is 10.1 Å². The van der Waals surface area contributed by atoms with E-state index in [1.165, 1.54) is 6.20 Å². The topological polar surface area (TPSA) is 118 Å². The minimum absolute atomic E-state index is 0.0657. The van der Waals surface area contributed by atoms with Crippen LogP contribution in [-0.2, 0) is 0 Å². The van der Waals surface area contributed by atoms with Crippen LogP contribution in [0.5, 0.6) is 0 Å². The molecule has 7 heteroatoms. The molecule has 0 aliphatic heterocycles. The van der Waals surface area contributed by atoms with Gasteiger partial charge in [-0.05, 0) is 0 Å². The SMILES string of the molecule is N#Cc1cnc(NN)c([N+](=O)[O-])c1. The van der Waals surface area contributed by atoms with Crippen molar-refractivity contribution in [1.29, 1.82) is 5.26 Å². The van der Waals surface area contributed by atoms with Crippen molar-refractivity contribution in [2.45, 2.75) is 0 Å². The van der Waals surface area contributed by atoms with Gasteiger partial charge in [0.2, 0.25) is 5.82 Å². The molecule has 7 nitrogen and oxygen atoms in total. The molecule has 0 fully saturated rings. The molecule has 0 atom stereocenters. The van der Waals surface area contributed by atoms with Crippen molar-refractivity contribution < 1.29 is 4.92 Å². The first-order valence-corrected chi connectivity index (χ1v) is 3.20. The summed E-state index contributed by atoms with van der Waals surface area (Å²) in [5, 5.41) is 18.9. The van der Waals surface area contributed by atoms with Crippen LogP contribution in [-0.4, -0.2) is 9.91 Å². The van der Waals surface area contributed by atoms with Crippen LogP contribution in [0.15, 0.2) is 12.3 Å². The zero-order chi connectivity index (χ0) is 9.84. The van der Waals surface area contributed by atoms with Gasteiger partial charge in [0, 0.05) is 12.3 Å². The maximum absolute atomic E-state index is 10.4. The van der Waals surface area contributed by atoms with E-state index in [-0.39, 0.29) is 17.1 Å². The van der Waals surface area contributed by atoms with E-state index in [0.29, 0.717) is 0 Å².